The van der Waals surface area contributed by atoms with Crippen molar-refractivity contribution in [2.75, 3.05) is 0 Å². The van der Waals surface area contributed by atoms with Crippen molar-refractivity contribution in [3.8, 4) is 5.13 Å². The number of rotatable bonds is 1. The van der Waals surface area contributed by atoms with Crippen molar-refractivity contribution in [3.63, 3.8) is 0 Å². The minimum atomic E-state index is -0.361. The van der Waals surface area contributed by atoms with Crippen LogP contribution in [0.15, 0.2) is 22.7 Å². The zero-order valence-corrected chi connectivity index (χ0v) is 6.21. The fraction of sp³-hybridized carbons (Fsp3) is 0. The normalized spacial score (nSPS) is 10.2. The smallest absolute Gasteiger partial charge is 0.244 e. The molecule has 0 fully saturated rings. The van der Waals surface area contributed by atoms with Crippen LogP contribution in [0.3, 0.4) is 0 Å². The van der Waals surface area contributed by atoms with Crippen LogP contribution in [0.2, 0.25) is 0 Å². The minimum absolute atomic E-state index is 0.361. The highest BCUT2D eigenvalue weighted by molar-refractivity contribution is 7.12. The van der Waals surface area contributed by atoms with Gasteiger partial charge in [-0.15, -0.1) is 11.3 Å². The summed E-state index contributed by atoms with van der Waals surface area (Å²) in [7, 11) is 0. The number of hydrogen-bond donors (Lipinski definition) is 1. The SMILES string of the molecule is O=c1ncn(-c2nccs2)[nH]1. The van der Waals surface area contributed by atoms with Gasteiger partial charge in [-0.1, -0.05) is 0 Å². The van der Waals surface area contributed by atoms with E-state index in [0.717, 1.165) is 0 Å². The van der Waals surface area contributed by atoms with Crippen molar-refractivity contribution in [2.45, 2.75) is 0 Å². The second-order valence-electron chi connectivity index (χ2n) is 1.85. The average Bonchev–Trinajstić information content (AvgIpc) is 2.55. The molecule has 5 nitrogen and oxygen atoms in total. The molecule has 0 bridgehead atoms. The van der Waals surface area contributed by atoms with Crippen LogP contribution in [-0.2, 0) is 0 Å². The number of nitrogens with zero attached hydrogens (tertiary/aromatic N) is 3. The summed E-state index contributed by atoms with van der Waals surface area (Å²) in [6.07, 6.45) is 3.07. The van der Waals surface area contributed by atoms with Gasteiger partial charge in [0.05, 0.1) is 0 Å². The van der Waals surface area contributed by atoms with E-state index in [4.69, 9.17) is 0 Å². The Bertz CT molecular complexity index is 387. The number of thiazole rings is 1. The minimum Gasteiger partial charge on any atom is -0.244 e. The van der Waals surface area contributed by atoms with E-state index in [-0.39, 0.29) is 5.69 Å². The van der Waals surface area contributed by atoms with Gasteiger partial charge in [-0.3, -0.25) is 0 Å². The molecule has 0 radical (unpaired) electrons. The summed E-state index contributed by atoms with van der Waals surface area (Å²) in [5, 5.41) is 5.01. The Hall–Kier alpha value is -1.43. The van der Waals surface area contributed by atoms with Gasteiger partial charge in [-0.05, 0) is 0 Å². The molecule has 2 heterocycles. The van der Waals surface area contributed by atoms with E-state index in [2.05, 4.69) is 15.1 Å². The first-order valence-corrected chi connectivity index (χ1v) is 3.78. The molecule has 0 spiro atoms. The zero-order chi connectivity index (χ0) is 7.68. The van der Waals surface area contributed by atoms with Crippen molar-refractivity contribution in [1.29, 1.82) is 0 Å². The molecule has 0 aliphatic rings. The molecule has 0 amide bonds. The third-order valence-corrected chi connectivity index (χ3v) is 1.90. The number of H-pyrrole nitrogens is 1. The summed E-state index contributed by atoms with van der Waals surface area (Å²) in [5.41, 5.74) is -0.361. The Labute approximate surface area is 65.3 Å². The lowest BCUT2D eigenvalue weighted by Crippen LogP contribution is -2.04. The van der Waals surface area contributed by atoms with Gasteiger partial charge in [0.1, 0.15) is 6.33 Å². The Balaban J connectivity index is 2.53. The first kappa shape index (κ1) is 6.29. The monoisotopic (exact) mass is 168 g/mol. The second kappa shape index (κ2) is 2.31. The topological polar surface area (TPSA) is 63.6 Å². The molecule has 0 aliphatic carbocycles. The maximum absolute atomic E-state index is 10.6. The standard InChI is InChI=1S/C5H4N4OS/c10-4-7-3-9(8-4)5-6-1-2-11-5/h1-3H,(H,8,10). The van der Waals surface area contributed by atoms with Crippen LogP contribution in [0.4, 0.5) is 0 Å². The molecule has 0 saturated heterocycles. The summed E-state index contributed by atoms with van der Waals surface area (Å²) in [5.74, 6) is 0. The predicted octanol–water partition coefficient (Wildman–Crippen LogP) is 0.0171. The van der Waals surface area contributed by atoms with Crippen molar-refractivity contribution in [1.82, 2.24) is 19.7 Å². The van der Waals surface area contributed by atoms with Gasteiger partial charge >= 0.3 is 5.69 Å². The largest absolute Gasteiger partial charge is 0.361 e. The first-order valence-electron chi connectivity index (χ1n) is 2.90. The summed E-state index contributed by atoms with van der Waals surface area (Å²) in [6.45, 7) is 0. The van der Waals surface area contributed by atoms with Crippen molar-refractivity contribution in [2.24, 2.45) is 0 Å². The maximum atomic E-state index is 10.6. The number of nitrogens with one attached hydrogen (secondary N) is 1. The molecule has 56 valence electrons. The van der Waals surface area contributed by atoms with Crippen LogP contribution in [0.25, 0.3) is 5.13 Å². The molecule has 0 aromatic carbocycles. The molecule has 0 aliphatic heterocycles. The highest BCUT2D eigenvalue weighted by Crippen LogP contribution is 2.06. The zero-order valence-electron chi connectivity index (χ0n) is 5.39. The lowest BCUT2D eigenvalue weighted by Gasteiger charge is -1.89. The lowest BCUT2D eigenvalue weighted by atomic mass is 11.0. The number of aromatic amines is 1. The summed E-state index contributed by atoms with van der Waals surface area (Å²) >= 11 is 1.43. The van der Waals surface area contributed by atoms with Gasteiger partial charge in [0.15, 0.2) is 0 Å². The van der Waals surface area contributed by atoms with Gasteiger partial charge < -0.3 is 0 Å². The van der Waals surface area contributed by atoms with Crippen LogP contribution in [0.1, 0.15) is 0 Å². The van der Waals surface area contributed by atoms with Crippen LogP contribution in [-0.4, -0.2) is 19.7 Å². The Kier molecular flexibility index (Phi) is 1.32. The van der Waals surface area contributed by atoms with Crippen LogP contribution >= 0.6 is 11.3 Å². The molecule has 11 heavy (non-hydrogen) atoms. The van der Waals surface area contributed by atoms with E-state index in [1.807, 2.05) is 5.38 Å². The Morgan fingerprint density at radius 3 is 3.00 bits per heavy atom. The molecular weight excluding hydrogens is 164 g/mol. The predicted molar refractivity (Wildman–Crippen MR) is 39.9 cm³/mol. The van der Waals surface area contributed by atoms with Crippen LogP contribution < -0.4 is 5.69 Å². The highest BCUT2D eigenvalue weighted by atomic mass is 32.1. The van der Waals surface area contributed by atoms with Gasteiger partial charge in [-0.25, -0.2) is 19.6 Å². The van der Waals surface area contributed by atoms with E-state index >= 15 is 0 Å². The molecule has 0 atom stereocenters. The third-order valence-electron chi connectivity index (χ3n) is 1.13. The number of aromatic nitrogens is 4. The average molecular weight is 168 g/mol. The fourth-order valence-electron chi connectivity index (χ4n) is 0.703. The Morgan fingerprint density at radius 1 is 1.55 bits per heavy atom. The van der Waals surface area contributed by atoms with Gasteiger partial charge in [0, 0.05) is 11.6 Å². The molecule has 2 rings (SSSR count). The fourth-order valence-corrected chi connectivity index (χ4v) is 1.27. The molecule has 2 aromatic heterocycles. The third kappa shape index (κ3) is 1.07. The quantitative estimate of drug-likeness (QED) is 0.652. The Morgan fingerprint density at radius 2 is 2.45 bits per heavy atom. The summed E-state index contributed by atoms with van der Waals surface area (Å²) in [6, 6.07) is 0. The van der Waals surface area contributed by atoms with Crippen LogP contribution in [0.5, 0.6) is 0 Å². The van der Waals surface area contributed by atoms with Crippen molar-refractivity contribution in [3.05, 3.63) is 28.4 Å². The summed E-state index contributed by atoms with van der Waals surface area (Å²) < 4.78 is 1.48. The highest BCUT2D eigenvalue weighted by Gasteiger charge is 1.97. The van der Waals surface area contributed by atoms with E-state index in [1.54, 1.807) is 6.20 Å². The number of hydrogen-bond acceptors (Lipinski definition) is 4. The summed E-state index contributed by atoms with van der Waals surface area (Å²) in [4.78, 5) is 18.0. The maximum Gasteiger partial charge on any atom is 0.361 e. The van der Waals surface area contributed by atoms with Crippen molar-refractivity contribution >= 4 is 11.3 Å². The lowest BCUT2D eigenvalue weighted by molar-refractivity contribution is 0.854. The van der Waals surface area contributed by atoms with Crippen molar-refractivity contribution < 1.29 is 0 Å². The molecular formula is C5H4N4OS. The van der Waals surface area contributed by atoms with E-state index in [1.165, 1.54) is 22.3 Å². The van der Waals surface area contributed by atoms with E-state index < -0.39 is 0 Å². The van der Waals surface area contributed by atoms with Gasteiger partial charge in [0.25, 0.3) is 0 Å². The molecule has 0 saturated carbocycles. The van der Waals surface area contributed by atoms with Gasteiger partial charge in [0.2, 0.25) is 5.13 Å². The van der Waals surface area contributed by atoms with E-state index in [9.17, 15) is 4.79 Å². The second-order valence-corrected chi connectivity index (χ2v) is 2.72. The van der Waals surface area contributed by atoms with Crippen LogP contribution in [0, 0.1) is 0 Å². The van der Waals surface area contributed by atoms with E-state index in [0.29, 0.717) is 5.13 Å². The molecule has 1 N–H and O–H groups in total. The first-order chi connectivity index (χ1) is 5.36. The molecule has 0 unspecified atom stereocenters. The molecule has 2 aromatic rings. The van der Waals surface area contributed by atoms with Gasteiger partial charge in [-0.2, -0.15) is 4.98 Å². The molecule has 6 heteroatoms.